The van der Waals surface area contributed by atoms with E-state index in [-0.39, 0.29) is 0 Å². The van der Waals surface area contributed by atoms with Crippen molar-refractivity contribution in [3.05, 3.63) is 6.92 Å². The van der Waals surface area contributed by atoms with Gasteiger partial charge < -0.3 is 5.32 Å². The molecule has 1 unspecified atom stereocenters. The van der Waals surface area contributed by atoms with Crippen LogP contribution in [-0.2, 0) is 0 Å². The van der Waals surface area contributed by atoms with E-state index in [4.69, 9.17) is 0 Å². The molecule has 0 aliphatic carbocycles. The Morgan fingerprint density at radius 3 is 2.89 bits per heavy atom. The standard InChI is InChI=1S/C8H16N/c1-2-5-8-6-3-4-7-9-8/h8-9H,1-7H2. The maximum absolute atomic E-state index is 3.84. The van der Waals surface area contributed by atoms with Crippen molar-refractivity contribution in [1.29, 1.82) is 0 Å². The van der Waals surface area contributed by atoms with Gasteiger partial charge in [0.25, 0.3) is 0 Å². The van der Waals surface area contributed by atoms with Crippen LogP contribution in [0.3, 0.4) is 0 Å². The third kappa shape index (κ3) is 2.35. The first-order valence-electron chi connectivity index (χ1n) is 3.96. The summed E-state index contributed by atoms with van der Waals surface area (Å²) in [5, 5.41) is 3.48. The van der Waals surface area contributed by atoms with Gasteiger partial charge in [-0.05, 0) is 25.8 Å². The first kappa shape index (κ1) is 7.07. The summed E-state index contributed by atoms with van der Waals surface area (Å²) in [5.74, 6) is 0. The summed E-state index contributed by atoms with van der Waals surface area (Å²) in [6.07, 6.45) is 6.50. The van der Waals surface area contributed by atoms with Gasteiger partial charge in [-0.3, -0.25) is 0 Å². The van der Waals surface area contributed by atoms with Crippen molar-refractivity contribution in [3.8, 4) is 0 Å². The molecular formula is C8H16N. The van der Waals surface area contributed by atoms with Crippen LogP contribution in [0.1, 0.15) is 32.1 Å². The summed E-state index contributed by atoms with van der Waals surface area (Å²) in [5.41, 5.74) is 0. The fraction of sp³-hybridized carbons (Fsp3) is 0.875. The molecule has 1 rings (SSSR count). The highest BCUT2D eigenvalue weighted by atomic mass is 14.9. The van der Waals surface area contributed by atoms with Crippen molar-refractivity contribution in [2.24, 2.45) is 0 Å². The van der Waals surface area contributed by atoms with E-state index in [0.717, 1.165) is 12.5 Å². The maximum atomic E-state index is 3.84. The zero-order chi connectivity index (χ0) is 6.53. The summed E-state index contributed by atoms with van der Waals surface area (Å²) in [4.78, 5) is 0. The SMILES string of the molecule is [CH2]CCC1CCCCN1. The van der Waals surface area contributed by atoms with E-state index < -0.39 is 0 Å². The van der Waals surface area contributed by atoms with Gasteiger partial charge in [-0.25, -0.2) is 0 Å². The van der Waals surface area contributed by atoms with E-state index in [1.807, 2.05) is 0 Å². The molecule has 1 aliphatic heterocycles. The molecule has 1 nitrogen and oxygen atoms in total. The van der Waals surface area contributed by atoms with E-state index in [0.29, 0.717) is 0 Å². The van der Waals surface area contributed by atoms with E-state index in [1.165, 1.54) is 32.2 Å². The van der Waals surface area contributed by atoms with Gasteiger partial charge in [0, 0.05) is 6.04 Å². The minimum Gasteiger partial charge on any atom is -0.314 e. The van der Waals surface area contributed by atoms with Crippen LogP contribution in [-0.4, -0.2) is 12.6 Å². The fourth-order valence-corrected chi connectivity index (χ4v) is 1.42. The van der Waals surface area contributed by atoms with Gasteiger partial charge in [-0.1, -0.05) is 19.8 Å². The quantitative estimate of drug-likeness (QED) is 0.594. The van der Waals surface area contributed by atoms with Crippen molar-refractivity contribution >= 4 is 0 Å². The molecule has 1 heteroatoms. The van der Waals surface area contributed by atoms with E-state index >= 15 is 0 Å². The highest BCUT2D eigenvalue weighted by Gasteiger charge is 2.09. The Morgan fingerprint density at radius 2 is 2.33 bits per heavy atom. The van der Waals surface area contributed by atoms with E-state index in [9.17, 15) is 0 Å². The molecule has 1 heterocycles. The van der Waals surface area contributed by atoms with Gasteiger partial charge in [-0.15, -0.1) is 0 Å². The molecule has 0 aromatic heterocycles. The largest absolute Gasteiger partial charge is 0.314 e. The van der Waals surface area contributed by atoms with E-state index in [1.54, 1.807) is 0 Å². The summed E-state index contributed by atoms with van der Waals surface area (Å²) < 4.78 is 0. The van der Waals surface area contributed by atoms with Crippen LogP contribution < -0.4 is 5.32 Å². The van der Waals surface area contributed by atoms with Crippen molar-refractivity contribution < 1.29 is 0 Å². The molecule has 1 N–H and O–H groups in total. The molecular weight excluding hydrogens is 110 g/mol. The second kappa shape index (κ2) is 3.89. The molecule has 9 heavy (non-hydrogen) atoms. The highest BCUT2D eigenvalue weighted by Crippen LogP contribution is 2.10. The topological polar surface area (TPSA) is 12.0 Å². The van der Waals surface area contributed by atoms with E-state index in [2.05, 4.69) is 12.2 Å². The van der Waals surface area contributed by atoms with Crippen LogP contribution in [0.4, 0.5) is 0 Å². The minimum atomic E-state index is 0.788. The molecule has 53 valence electrons. The number of nitrogens with one attached hydrogen (secondary N) is 1. The zero-order valence-corrected chi connectivity index (χ0v) is 6.03. The Kier molecular flexibility index (Phi) is 3.05. The zero-order valence-electron chi connectivity index (χ0n) is 6.03. The van der Waals surface area contributed by atoms with Gasteiger partial charge in [0.15, 0.2) is 0 Å². The average Bonchev–Trinajstić information content (AvgIpc) is 1.91. The highest BCUT2D eigenvalue weighted by molar-refractivity contribution is 4.71. The van der Waals surface area contributed by atoms with Crippen molar-refractivity contribution in [2.75, 3.05) is 6.54 Å². The van der Waals surface area contributed by atoms with Gasteiger partial charge in [-0.2, -0.15) is 0 Å². The molecule has 0 aromatic rings. The number of hydrogen-bond acceptors (Lipinski definition) is 1. The Morgan fingerprint density at radius 1 is 1.44 bits per heavy atom. The molecule has 1 radical (unpaired) electrons. The monoisotopic (exact) mass is 126 g/mol. The lowest BCUT2D eigenvalue weighted by Gasteiger charge is -2.22. The van der Waals surface area contributed by atoms with Crippen molar-refractivity contribution in [3.63, 3.8) is 0 Å². The third-order valence-corrected chi connectivity index (χ3v) is 1.96. The second-order valence-corrected chi connectivity index (χ2v) is 2.79. The predicted molar refractivity (Wildman–Crippen MR) is 40.2 cm³/mol. The first-order chi connectivity index (χ1) is 4.43. The smallest absolute Gasteiger partial charge is 0.00670 e. The van der Waals surface area contributed by atoms with Crippen LogP contribution in [0.25, 0.3) is 0 Å². The lowest BCUT2D eigenvalue weighted by atomic mass is 10.0. The molecule has 0 bridgehead atoms. The third-order valence-electron chi connectivity index (χ3n) is 1.96. The Hall–Kier alpha value is -0.0400. The molecule has 1 aliphatic rings. The van der Waals surface area contributed by atoms with Crippen LogP contribution >= 0.6 is 0 Å². The molecule has 0 amide bonds. The van der Waals surface area contributed by atoms with Gasteiger partial charge in [0.1, 0.15) is 0 Å². The van der Waals surface area contributed by atoms with Crippen LogP contribution in [0, 0.1) is 6.92 Å². The number of rotatable bonds is 2. The summed E-state index contributed by atoms with van der Waals surface area (Å²) in [6, 6.07) is 0.788. The Labute approximate surface area is 57.8 Å². The molecule has 1 atom stereocenters. The summed E-state index contributed by atoms with van der Waals surface area (Å²) >= 11 is 0. The number of hydrogen-bond donors (Lipinski definition) is 1. The normalized spacial score (nSPS) is 28.3. The summed E-state index contributed by atoms with van der Waals surface area (Å²) in [6.45, 7) is 5.07. The predicted octanol–water partition coefficient (Wildman–Crippen LogP) is 1.74. The average molecular weight is 126 g/mol. The van der Waals surface area contributed by atoms with Crippen molar-refractivity contribution in [2.45, 2.75) is 38.1 Å². The lowest BCUT2D eigenvalue weighted by Crippen LogP contribution is -2.33. The Bertz CT molecular complexity index is 62.2. The molecule has 1 saturated heterocycles. The molecule has 1 fully saturated rings. The van der Waals surface area contributed by atoms with Gasteiger partial charge in [0.05, 0.1) is 0 Å². The molecule has 0 saturated carbocycles. The Balaban J connectivity index is 2.08. The van der Waals surface area contributed by atoms with Crippen LogP contribution in [0.5, 0.6) is 0 Å². The maximum Gasteiger partial charge on any atom is 0.00670 e. The van der Waals surface area contributed by atoms with Crippen LogP contribution in [0.15, 0.2) is 0 Å². The van der Waals surface area contributed by atoms with Gasteiger partial charge >= 0.3 is 0 Å². The van der Waals surface area contributed by atoms with Crippen LogP contribution in [0.2, 0.25) is 0 Å². The molecule has 0 spiro atoms. The van der Waals surface area contributed by atoms with Crippen molar-refractivity contribution in [1.82, 2.24) is 5.32 Å². The minimum absolute atomic E-state index is 0.788. The molecule has 0 aromatic carbocycles. The first-order valence-corrected chi connectivity index (χ1v) is 3.96. The lowest BCUT2D eigenvalue weighted by molar-refractivity contribution is 0.384. The summed E-state index contributed by atoms with van der Waals surface area (Å²) in [7, 11) is 0. The van der Waals surface area contributed by atoms with Gasteiger partial charge in [0.2, 0.25) is 0 Å². The fourth-order valence-electron chi connectivity index (χ4n) is 1.42. The second-order valence-electron chi connectivity index (χ2n) is 2.79. The number of piperidine rings is 1.